The molecule has 0 aromatic heterocycles. The highest BCUT2D eigenvalue weighted by Gasteiger charge is 2.34. The molecular formula is C46H62O4S. The van der Waals surface area contributed by atoms with Gasteiger partial charge in [-0.25, -0.2) is 0 Å². The SMILES string of the molecule is COc1c(Sc2cc(C)c(-c3cc(C)cc(C(C)(C)C)c3O)c(C(C)(C)C)c2OC)cc(C)c(-c2cc(C)cc(C(C)(C)C)c2O)c1C(C)(C)C. The second-order valence-corrected chi connectivity index (χ2v) is 19.6. The van der Waals surface area contributed by atoms with Gasteiger partial charge in [0.1, 0.15) is 23.0 Å². The Kier molecular flexibility index (Phi) is 10.9. The molecule has 276 valence electrons. The maximum absolute atomic E-state index is 11.8. The van der Waals surface area contributed by atoms with Crippen molar-refractivity contribution in [3.05, 3.63) is 80.9 Å². The fourth-order valence-corrected chi connectivity index (χ4v) is 8.68. The topological polar surface area (TPSA) is 58.9 Å². The van der Waals surface area contributed by atoms with E-state index in [2.05, 4.69) is 147 Å². The molecule has 0 fully saturated rings. The summed E-state index contributed by atoms with van der Waals surface area (Å²) in [6.45, 7) is 34.5. The molecule has 0 aliphatic heterocycles. The van der Waals surface area contributed by atoms with E-state index in [0.717, 1.165) is 88.1 Å². The molecule has 4 aromatic rings. The van der Waals surface area contributed by atoms with Gasteiger partial charge < -0.3 is 19.7 Å². The Morgan fingerprint density at radius 3 is 1.04 bits per heavy atom. The van der Waals surface area contributed by atoms with Crippen molar-refractivity contribution in [3.63, 3.8) is 0 Å². The van der Waals surface area contributed by atoms with Crippen LogP contribution in [0.4, 0.5) is 0 Å². The third-order valence-electron chi connectivity index (χ3n) is 9.68. The smallest absolute Gasteiger partial charge is 0.137 e. The molecule has 0 saturated heterocycles. The molecule has 0 heterocycles. The van der Waals surface area contributed by atoms with Gasteiger partial charge in [-0.1, -0.05) is 107 Å². The van der Waals surface area contributed by atoms with Gasteiger partial charge >= 0.3 is 0 Å². The number of phenolic OH excluding ortho intramolecular Hbond substituents is 2. The van der Waals surface area contributed by atoms with Crippen LogP contribution in [0.1, 0.15) is 128 Å². The van der Waals surface area contributed by atoms with Crippen molar-refractivity contribution in [3.8, 4) is 45.3 Å². The third kappa shape index (κ3) is 7.80. The number of hydrogen-bond acceptors (Lipinski definition) is 5. The van der Waals surface area contributed by atoms with Gasteiger partial charge in [0.05, 0.1) is 24.0 Å². The van der Waals surface area contributed by atoms with Gasteiger partial charge in [0.2, 0.25) is 0 Å². The van der Waals surface area contributed by atoms with Gasteiger partial charge in [0, 0.05) is 33.4 Å². The van der Waals surface area contributed by atoms with Crippen molar-refractivity contribution in [2.75, 3.05) is 14.2 Å². The predicted molar refractivity (Wildman–Crippen MR) is 218 cm³/mol. The molecule has 4 nitrogen and oxygen atoms in total. The van der Waals surface area contributed by atoms with Crippen LogP contribution in [0.3, 0.4) is 0 Å². The van der Waals surface area contributed by atoms with Crippen LogP contribution in [0.5, 0.6) is 23.0 Å². The molecule has 0 spiro atoms. The number of methoxy groups -OCH3 is 2. The Morgan fingerprint density at radius 1 is 0.471 bits per heavy atom. The number of phenols is 2. The molecule has 0 atom stereocenters. The van der Waals surface area contributed by atoms with E-state index in [4.69, 9.17) is 9.47 Å². The van der Waals surface area contributed by atoms with Crippen molar-refractivity contribution < 1.29 is 19.7 Å². The molecule has 0 radical (unpaired) electrons. The zero-order chi connectivity index (χ0) is 38.8. The summed E-state index contributed by atoms with van der Waals surface area (Å²) >= 11 is 1.64. The maximum Gasteiger partial charge on any atom is 0.137 e. The zero-order valence-electron chi connectivity index (χ0n) is 34.6. The number of ether oxygens (including phenoxy) is 2. The summed E-state index contributed by atoms with van der Waals surface area (Å²) in [6, 6.07) is 12.8. The van der Waals surface area contributed by atoms with Crippen LogP contribution in [0.15, 0.2) is 46.2 Å². The van der Waals surface area contributed by atoms with Gasteiger partial charge in [-0.3, -0.25) is 0 Å². The molecule has 0 saturated carbocycles. The minimum atomic E-state index is -0.312. The lowest BCUT2D eigenvalue weighted by atomic mass is 9.77. The van der Waals surface area contributed by atoms with E-state index in [0.29, 0.717) is 11.5 Å². The van der Waals surface area contributed by atoms with Crippen molar-refractivity contribution in [1.82, 2.24) is 0 Å². The molecule has 2 N–H and O–H groups in total. The molecule has 0 amide bonds. The largest absolute Gasteiger partial charge is 0.507 e. The Morgan fingerprint density at radius 2 is 0.784 bits per heavy atom. The first-order valence-electron chi connectivity index (χ1n) is 18.0. The highest BCUT2D eigenvalue weighted by atomic mass is 32.2. The number of aryl methyl sites for hydroxylation is 4. The lowest BCUT2D eigenvalue weighted by molar-refractivity contribution is 0.385. The summed E-state index contributed by atoms with van der Waals surface area (Å²) < 4.78 is 12.7. The van der Waals surface area contributed by atoms with Crippen molar-refractivity contribution in [1.29, 1.82) is 0 Å². The fraction of sp³-hybridized carbons (Fsp3) is 0.478. The summed E-state index contributed by atoms with van der Waals surface area (Å²) in [5, 5.41) is 23.7. The summed E-state index contributed by atoms with van der Waals surface area (Å²) in [7, 11) is 3.48. The van der Waals surface area contributed by atoms with Crippen molar-refractivity contribution >= 4 is 11.8 Å². The Balaban J connectivity index is 2.08. The third-order valence-corrected chi connectivity index (χ3v) is 10.7. The highest BCUT2D eigenvalue weighted by Crippen LogP contribution is 2.55. The number of hydrogen-bond donors (Lipinski definition) is 2. The van der Waals surface area contributed by atoms with Gasteiger partial charge in [0.15, 0.2) is 0 Å². The Labute approximate surface area is 313 Å². The van der Waals surface area contributed by atoms with Gasteiger partial charge in [-0.15, -0.1) is 0 Å². The maximum atomic E-state index is 11.8. The average Bonchev–Trinajstić information content (AvgIpc) is 2.96. The van der Waals surface area contributed by atoms with Crippen LogP contribution in [-0.4, -0.2) is 24.4 Å². The van der Waals surface area contributed by atoms with E-state index in [1.165, 1.54) is 0 Å². The fourth-order valence-electron chi connectivity index (χ4n) is 7.42. The molecule has 0 aliphatic carbocycles. The van der Waals surface area contributed by atoms with Gasteiger partial charge in [0.25, 0.3) is 0 Å². The van der Waals surface area contributed by atoms with Crippen LogP contribution >= 0.6 is 11.8 Å². The van der Waals surface area contributed by atoms with E-state index in [-0.39, 0.29) is 21.7 Å². The first-order valence-corrected chi connectivity index (χ1v) is 18.9. The van der Waals surface area contributed by atoms with Crippen LogP contribution in [0, 0.1) is 27.7 Å². The second-order valence-electron chi connectivity index (χ2n) is 18.5. The lowest BCUT2D eigenvalue weighted by Gasteiger charge is -2.32. The molecule has 5 heteroatoms. The molecular weight excluding hydrogens is 649 g/mol. The molecule has 0 aliphatic rings. The summed E-state index contributed by atoms with van der Waals surface area (Å²) in [5.74, 6) is 2.22. The quantitative estimate of drug-likeness (QED) is 0.209. The lowest BCUT2D eigenvalue weighted by Crippen LogP contribution is -2.18. The number of rotatable bonds is 6. The molecule has 51 heavy (non-hydrogen) atoms. The summed E-state index contributed by atoms with van der Waals surface area (Å²) in [5.41, 5.74) is 10.9. The second kappa shape index (κ2) is 13.8. The van der Waals surface area contributed by atoms with E-state index >= 15 is 0 Å². The van der Waals surface area contributed by atoms with Crippen LogP contribution in [0.25, 0.3) is 22.3 Å². The minimum absolute atomic E-state index is 0.227. The van der Waals surface area contributed by atoms with E-state index in [1.54, 1.807) is 26.0 Å². The molecule has 0 bridgehead atoms. The Bertz CT molecular complexity index is 1830. The van der Waals surface area contributed by atoms with Gasteiger partial charge in [-0.05, 0) is 107 Å². The molecule has 0 unspecified atom stereocenters. The molecule has 4 rings (SSSR count). The monoisotopic (exact) mass is 710 g/mol. The average molecular weight is 711 g/mol. The minimum Gasteiger partial charge on any atom is -0.507 e. The predicted octanol–water partition coefficient (Wildman–Crippen LogP) is 13.0. The van der Waals surface area contributed by atoms with Crippen molar-refractivity contribution in [2.24, 2.45) is 0 Å². The van der Waals surface area contributed by atoms with Gasteiger partial charge in [-0.2, -0.15) is 0 Å². The van der Waals surface area contributed by atoms with Crippen molar-refractivity contribution in [2.45, 2.75) is 142 Å². The zero-order valence-corrected chi connectivity index (χ0v) is 35.4. The molecule has 4 aromatic carbocycles. The van der Waals surface area contributed by atoms with E-state index < -0.39 is 0 Å². The number of benzene rings is 4. The summed E-state index contributed by atoms with van der Waals surface area (Å²) in [6.07, 6.45) is 0. The van der Waals surface area contributed by atoms with Crippen LogP contribution in [-0.2, 0) is 21.7 Å². The summed E-state index contributed by atoms with van der Waals surface area (Å²) in [4.78, 5) is 1.95. The standard InChI is InChI=1S/C46H62O4S/c1-25-19-29(39(47)31(21-25)43(5,6)7)35-27(3)23-33(41(49-17)37(35)45(11,12)13)51-34-24-28(4)36(38(42(34)50-18)46(14,15)16)30-20-26(2)22-32(40(30)48)44(8,9)10/h19-24,47-48H,1-18H3. The Hall–Kier alpha value is -3.57. The number of aromatic hydroxyl groups is 2. The first kappa shape index (κ1) is 40.2. The highest BCUT2D eigenvalue weighted by molar-refractivity contribution is 7.99. The first-order chi connectivity index (χ1) is 23.2. The van der Waals surface area contributed by atoms with E-state index in [1.807, 2.05) is 0 Å². The normalized spacial score (nSPS) is 12.7. The van der Waals surface area contributed by atoms with E-state index in [9.17, 15) is 10.2 Å². The van der Waals surface area contributed by atoms with Crippen LogP contribution in [0.2, 0.25) is 0 Å². The van der Waals surface area contributed by atoms with Crippen LogP contribution < -0.4 is 9.47 Å².